The van der Waals surface area contributed by atoms with Crippen molar-refractivity contribution >= 4 is 0 Å². The maximum absolute atomic E-state index is 9.81. The van der Waals surface area contributed by atoms with Crippen molar-refractivity contribution in [2.24, 2.45) is 0 Å². The molecule has 0 aliphatic heterocycles. The fourth-order valence-electron chi connectivity index (χ4n) is 0.851. The van der Waals surface area contributed by atoms with Gasteiger partial charge in [0.25, 0.3) is 0 Å². The third-order valence-corrected chi connectivity index (χ3v) is 1.49. The van der Waals surface area contributed by atoms with Crippen molar-refractivity contribution in [3.8, 4) is 0 Å². The smallest absolute Gasteiger partial charge is 0.249 e. The molecule has 0 spiro atoms. The van der Waals surface area contributed by atoms with Crippen LogP contribution in [0.2, 0.25) is 0 Å². The molecule has 0 aliphatic carbocycles. The molecule has 0 atom stereocenters. The lowest BCUT2D eigenvalue weighted by atomic mass is 10.2. The Morgan fingerprint density at radius 1 is 1.42 bits per heavy atom. The molecule has 0 heterocycles. The Morgan fingerprint density at radius 2 is 2.17 bits per heavy atom. The Labute approximate surface area is 72.8 Å². The van der Waals surface area contributed by atoms with E-state index in [1.54, 1.807) is 0 Å². The van der Waals surface area contributed by atoms with Gasteiger partial charge in [-0.05, 0) is 6.42 Å². The number of nitrogens with one attached hydrogen (secondary N) is 1. The monoisotopic (exact) mass is 172 g/mol. The van der Waals surface area contributed by atoms with Gasteiger partial charge in [0.15, 0.2) is 0 Å². The van der Waals surface area contributed by atoms with Gasteiger partial charge in [-0.25, -0.2) is 0 Å². The van der Waals surface area contributed by atoms with Crippen molar-refractivity contribution in [2.75, 3.05) is 6.54 Å². The fourth-order valence-corrected chi connectivity index (χ4v) is 0.851. The Balaban J connectivity index is 3.05. The molecule has 0 radical (unpaired) electrons. The van der Waals surface area contributed by atoms with Crippen LogP contribution in [-0.2, 0) is 0 Å². The minimum atomic E-state index is -0.473. The second-order valence-corrected chi connectivity index (χ2v) is 2.62. The first kappa shape index (κ1) is 10.9. The molecule has 0 saturated heterocycles. The van der Waals surface area contributed by atoms with E-state index in [2.05, 4.69) is 12.2 Å². The van der Waals surface area contributed by atoms with Gasteiger partial charge in [0.1, 0.15) is 0 Å². The van der Waals surface area contributed by atoms with E-state index in [-0.39, 0.29) is 0 Å². The Morgan fingerprint density at radius 3 is 2.75 bits per heavy atom. The summed E-state index contributed by atoms with van der Waals surface area (Å²) >= 11 is 0. The van der Waals surface area contributed by atoms with Gasteiger partial charge in [-0.3, -0.25) is 10.1 Å². The lowest BCUT2D eigenvalue weighted by Crippen LogP contribution is -2.07. The fraction of sp³-hybridized carbons (Fsp3) is 0.750. The van der Waals surface area contributed by atoms with Crippen LogP contribution >= 0.6 is 0 Å². The number of nitro groups is 1. The van der Waals surface area contributed by atoms with Crippen LogP contribution in [0, 0.1) is 10.1 Å². The van der Waals surface area contributed by atoms with Gasteiger partial charge in [-0.1, -0.05) is 26.2 Å². The summed E-state index contributed by atoms with van der Waals surface area (Å²) < 4.78 is 0. The largest absolute Gasteiger partial charge is 0.386 e. The molecule has 12 heavy (non-hydrogen) atoms. The first-order chi connectivity index (χ1) is 5.77. The molecule has 70 valence electrons. The lowest BCUT2D eigenvalue weighted by Gasteiger charge is -1.97. The minimum absolute atomic E-state index is 0.473. The molecule has 1 N–H and O–H groups in total. The summed E-state index contributed by atoms with van der Waals surface area (Å²) in [4.78, 5) is 9.34. The topological polar surface area (TPSA) is 55.2 Å². The zero-order chi connectivity index (χ0) is 9.23. The van der Waals surface area contributed by atoms with Crippen molar-refractivity contribution in [1.29, 1.82) is 0 Å². The third kappa shape index (κ3) is 8.94. The number of rotatable bonds is 7. The molecule has 0 rings (SSSR count). The van der Waals surface area contributed by atoms with Crippen LogP contribution in [0.1, 0.15) is 32.6 Å². The molecule has 0 unspecified atom stereocenters. The van der Waals surface area contributed by atoms with E-state index in [1.807, 2.05) is 0 Å². The van der Waals surface area contributed by atoms with Gasteiger partial charge < -0.3 is 5.32 Å². The molecule has 0 fully saturated rings. The van der Waals surface area contributed by atoms with Crippen LogP contribution in [0.5, 0.6) is 0 Å². The van der Waals surface area contributed by atoms with E-state index >= 15 is 0 Å². The number of unbranched alkanes of at least 4 members (excludes halogenated alkanes) is 3. The van der Waals surface area contributed by atoms with E-state index < -0.39 is 4.92 Å². The van der Waals surface area contributed by atoms with Crippen LogP contribution in [-0.4, -0.2) is 11.5 Å². The Bertz CT molecular complexity index is 146. The van der Waals surface area contributed by atoms with E-state index in [9.17, 15) is 10.1 Å². The van der Waals surface area contributed by atoms with Gasteiger partial charge in [0.2, 0.25) is 6.20 Å². The van der Waals surface area contributed by atoms with Crippen LogP contribution in [0.3, 0.4) is 0 Å². The summed E-state index contributed by atoms with van der Waals surface area (Å²) in [6, 6.07) is 0. The van der Waals surface area contributed by atoms with E-state index in [1.165, 1.54) is 25.5 Å². The highest BCUT2D eigenvalue weighted by molar-refractivity contribution is 4.68. The first-order valence-corrected chi connectivity index (χ1v) is 4.31. The van der Waals surface area contributed by atoms with Crippen molar-refractivity contribution in [1.82, 2.24) is 5.32 Å². The van der Waals surface area contributed by atoms with Crippen LogP contribution in [0.15, 0.2) is 12.4 Å². The predicted molar refractivity (Wildman–Crippen MR) is 48.3 cm³/mol. The highest BCUT2D eigenvalue weighted by atomic mass is 16.6. The third-order valence-electron chi connectivity index (χ3n) is 1.49. The van der Waals surface area contributed by atoms with Crippen LogP contribution in [0.25, 0.3) is 0 Å². The maximum atomic E-state index is 9.81. The number of hydrogen-bond donors (Lipinski definition) is 1. The molecular formula is C8H16N2O2. The highest BCUT2D eigenvalue weighted by Crippen LogP contribution is 1.96. The summed E-state index contributed by atoms with van der Waals surface area (Å²) in [6.07, 6.45) is 7.02. The average Bonchev–Trinajstić information content (AvgIpc) is 2.02. The second-order valence-electron chi connectivity index (χ2n) is 2.62. The maximum Gasteiger partial charge on any atom is 0.249 e. The molecule has 4 heteroatoms. The Kier molecular flexibility index (Phi) is 7.33. The van der Waals surface area contributed by atoms with Crippen molar-refractivity contribution < 1.29 is 4.92 Å². The number of nitrogens with zero attached hydrogens (tertiary/aromatic N) is 1. The van der Waals surface area contributed by atoms with Crippen LogP contribution in [0.4, 0.5) is 0 Å². The summed E-state index contributed by atoms with van der Waals surface area (Å²) in [5.41, 5.74) is 0. The number of hydrogen-bond acceptors (Lipinski definition) is 3. The summed E-state index contributed by atoms with van der Waals surface area (Å²) in [6.45, 7) is 2.98. The van der Waals surface area contributed by atoms with Gasteiger partial charge in [-0.2, -0.15) is 0 Å². The van der Waals surface area contributed by atoms with Gasteiger partial charge in [0.05, 0.1) is 11.1 Å². The minimum Gasteiger partial charge on any atom is -0.386 e. The van der Waals surface area contributed by atoms with Gasteiger partial charge in [0, 0.05) is 6.54 Å². The standard InChI is InChI=1S/C8H16N2O2/c1-2-3-4-5-6-9-7-8-10(11)12/h7-9H,2-6H2,1H3/b8-7+. The van der Waals surface area contributed by atoms with Gasteiger partial charge in [-0.15, -0.1) is 0 Å². The second kappa shape index (κ2) is 8.04. The van der Waals surface area contributed by atoms with Crippen molar-refractivity contribution in [3.63, 3.8) is 0 Å². The van der Waals surface area contributed by atoms with E-state index in [0.29, 0.717) is 0 Å². The molecule has 4 nitrogen and oxygen atoms in total. The molecule has 0 aromatic carbocycles. The molecule has 0 aromatic heterocycles. The summed E-state index contributed by atoms with van der Waals surface area (Å²) in [7, 11) is 0. The van der Waals surface area contributed by atoms with E-state index in [4.69, 9.17) is 0 Å². The van der Waals surface area contributed by atoms with Crippen molar-refractivity contribution in [2.45, 2.75) is 32.6 Å². The zero-order valence-electron chi connectivity index (χ0n) is 7.45. The molecule has 0 bridgehead atoms. The average molecular weight is 172 g/mol. The predicted octanol–water partition coefficient (Wildman–Crippen LogP) is 1.90. The normalized spacial score (nSPS) is 10.4. The molecule has 0 aromatic rings. The SMILES string of the molecule is CCCCCCN/C=C/[N+](=O)[O-]. The zero-order valence-corrected chi connectivity index (χ0v) is 7.45. The molecular weight excluding hydrogens is 156 g/mol. The quantitative estimate of drug-likeness (QED) is 0.362. The van der Waals surface area contributed by atoms with Crippen LogP contribution < -0.4 is 5.32 Å². The Hall–Kier alpha value is -1.06. The van der Waals surface area contributed by atoms with E-state index in [0.717, 1.165) is 19.2 Å². The molecule has 0 amide bonds. The van der Waals surface area contributed by atoms with Crippen molar-refractivity contribution in [3.05, 3.63) is 22.5 Å². The summed E-state index contributed by atoms with van der Waals surface area (Å²) in [5, 5.41) is 12.7. The lowest BCUT2D eigenvalue weighted by molar-refractivity contribution is -0.402. The summed E-state index contributed by atoms with van der Waals surface area (Å²) in [5.74, 6) is 0. The highest BCUT2D eigenvalue weighted by Gasteiger charge is 1.86. The molecule has 0 aliphatic rings. The molecule has 0 saturated carbocycles. The van der Waals surface area contributed by atoms with Gasteiger partial charge >= 0.3 is 0 Å². The first-order valence-electron chi connectivity index (χ1n) is 4.31.